The van der Waals surface area contributed by atoms with Crippen LogP contribution in [0.2, 0.25) is 0 Å². The Hall–Kier alpha value is -0.340. The Bertz CT molecular complexity index is 87.4. The van der Waals surface area contributed by atoms with Gasteiger partial charge in [0.25, 0.3) is 0 Å². The van der Waals surface area contributed by atoms with E-state index in [0.717, 1.165) is 4.67 Å². The number of carboxylic acid groups (broad SMARTS) is 1. The topological polar surface area (TPSA) is 66.6 Å². The zero-order chi connectivity index (χ0) is 6.57. The molecule has 0 saturated carbocycles. The van der Waals surface area contributed by atoms with Crippen molar-refractivity contribution in [2.24, 2.45) is 5.73 Å². The molecule has 0 fully saturated rings. The van der Waals surface area contributed by atoms with Crippen LogP contribution >= 0.6 is 9.39 Å². The van der Waals surface area contributed by atoms with Crippen LogP contribution in [0.5, 0.6) is 0 Å². The van der Waals surface area contributed by atoms with Crippen LogP contribution in [0.25, 0.3) is 0 Å². The van der Waals surface area contributed by atoms with Gasteiger partial charge in [0.2, 0.25) is 0 Å². The molecular weight excluding hydrogens is 127 g/mol. The Kier molecular flexibility index (Phi) is 3.48. The average Bonchev–Trinajstić information content (AvgIpc) is 1.67. The highest BCUT2D eigenvalue weighted by molar-refractivity contribution is 7.14. The fraction of sp³-hybridized carbons (Fsp3) is 0.667. The first-order valence-electron chi connectivity index (χ1n) is 2.13. The van der Waals surface area contributed by atoms with Crippen LogP contribution in [0.4, 0.5) is 4.79 Å². The van der Waals surface area contributed by atoms with Gasteiger partial charge in [0.05, 0.1) is 0 Å². The highest BCUT2D eigenvalue weighted by Crippen LogP contribution is 1.94. The molecule has 0 heterocycles. The highest BCUT2D eigenvalue weighted by atomic mass is 31.0. The lowest BCUT2D eigenvalue weighted by Crippen LogP contribution is -2.24. The van der Waals surface area contributed by atoms with E-state index >= 15 is 0 Å². The van der Waals surface area contributed by atoms with Crippen molar-refractivity contribution >= 4 is 15.5 Å². The second-order valence-electron chi connectivity index (χ2n) is 1.26. The zero-order valence-electron chi connectivity index (χ0n) is 4.37. The van der Waals surface area contributed by atoms with Crippen molar-refractivity contribution in [3.05, 3.63) is 0 Å². The number of hydrogen-bond donors (Lipinski definition) is 2. The van der Waals surface area contributed by atoms with Gasteiger partial charge < -0.3 is 10.8 Å². The van der Waals surface area contributed by atoms with Gasteiger partial charge in [0.15, 0.2) is 0 Å². The summed E-state index contributed by atoms with van der Waals surface area (Å²) >= 11 is 0. The molecule has 1 amide bonds. The maximum Gasteiger partial charge on any atom is 0.410 e. The molecule has 0 aromatic carbocycles. The normalized spacial score (nSPS) is 8.75. The first kappa shape index (κ1) is 7.66. The lowest BCUT2D eigenvalue weighted by atomic mass is 10.7. The smallest absolute Gasteiger partial charge is 0.410 e. The summed E-state index contributed by atoms with van der Waals surface area (Å²) in [5.41, 5.74) is 5.05. The molecule has 0 spiro atoms. The second-order valence-corrected chi connectivity index (χ2v) is 1.89. The van der Waals surface area contributed by atoms with Crippen LogP contribution in [0, 0.1) is 0 Å². The molecule has 0 aliphatic rings. The van der Waals surface area contributed by atoms with E-state index in [2.05, 4.69) is 0 Å². The summed E-state index contributed by atoms with van der Waals surface area (Å²) in [5.74, 6) is 0. The molecule has 3 N–H and O–H groups in total. The van der Waals surface area contributed by atoms with Crippen molar-refractivity contribution < 1.29 is 9.90 Å². The molecule has 0 aromatic heterocycles. The molecule has 0 rings (SSSR count). The summed E-state index contributed by atoms with van der Waals surface area (Å²) in [7, 11) is 2.05. The predicted molar refractivity (Wildman–Crippen MR) is 33.5 cm³/mol. The molecule has 0 aromatic rings. The molecule has 4 nitrogen and oxygen atoms in total. The molecule has 8 heavy (non-hydrogen) atoms. The third-order valence-corrected chi connectivity index (χ3v) is 1.09. The van der Waals surface area contributed by atoms with Crippen LogP contribution in [-0.2, 0) is 0 Å². The molecule has 0 bridgehead atoms. The minimum Gasteiger partial charge on any atom is -0.465 e. The Balaban J connectivity index is 3.32. The van der Waals surface area contributed by atoms with Crippen LogP contribution < -0.4 is 5.73 Å². The Labute approximate surface area is 49.9 Å². The number of amides is 1. The summed E-state index contributed by atoms with van der Waals surface area (Å²) in [6, 6.07) is 0. The molecule has 1 atom stereocenters. The number of carbonyl (C=O) groups is 1. The van der Waals surface area contributed by atoms with Crippen molar-refractivity contribution in [1.82, 2.24) is 4.67 Å². The Morgan fingerprint density at radius 1 is 1.88 bits per heavy atom. The fourth-order valence-electron chi connectivity index (χ4n) is 0.235. The van der Waals surface area contributed by atoms with Gasteiger partial charge in [-0.25, -0.2) is 4.79 Å². The summed E-state index contributed by atoms with van der Waals surface area (Å²) in [5, 5.41) is 8.16. The quantitative estimate of drug-likeness (QED) is 0.513. The van der Waals surface area contributed by atoms with Crippen LogP contribution in [0.15, 0.2) is 0 Å². The summed E-state index contributed by atoms with van der Waals surface area (Å²) < 4.78 is 1.06. The van der Waals surface area contributed by atoms with Crippen LogP contribution in [0.3, 0.4) is 0 Å². The second kappa shape index (κ2) is 3.64. The maximum absolute atomic E-state index is 9.94. The zero-order valence-corrected chi connectivity index (χ0v) is 5.53. The molecule has 0 aliphatic heterocycles. The molecule has 1 unspecified atom stereocenters. The van der Waals surface area contributed by atoms with Gasteiger partial charge in [-0.1, -0.05) is 0 Å². The standard InChI is InChI=1S/C3H9N2O2P/c4-1-2-5(8)3(6)7/h1-2,4,8H2,(H,6,7). The van der Waals surface area contributed by atoms with E-state index in [1.54, 1.807) is 0 Å². The molecule has 5 heteroatoms. The van der Waals surface area contributed by atoms with Crippen molar-refractivity contribution in [1.29, 1.82) is 0 Å². The minimum atomic E-state index is -0.972. The molecule has 0 saturated heterocycles. The van der Waals surface area contributed by atoms with Gasteiger partial charge >= 0.3 is 6.09 Å². The summed E-state index contributed by atoms with van der Waals surface area (Å²) in [4.78, 5) is 9.94. The molecule has 0 radical (unpaired) electrons. The van der Waals surface area contributed by atoms with E-state index in [4.69, 9.17) is 10.8 Å². The SMILES string of the molecule is NCCN(P)C(=O)O. The third-order valence-electron chi connectivity index (χ3n) is 0.616. The first-order chi connectivity index (χ1) is 3.68. The fourth-order valence-corrected chi connectivity index (χ4v) is 0.384. The maximum atomic E-state index is 9.94. The Morgan fingerprint density at radius 2 is 2.38 bits per heavy atom. The molecule has 48 valence electrons. The van der Waals surface area contributed by atoms with Gasteiger partial charge in [-0.15, -0.1) is 0 Å². The van der Waals surface area contributed by atoms with Gasteiger partial charge in [0, 0.05) is 13.1 Å². The molecular formula is C3H9N2O2P. The van der Waals surface area contributed by atoms with Gasteiger partial charge in [-0.05, 0) is 9.39 Å². The lowest BCUT2D eigenvalue weighted by Gasteiger charge is -2.08. The monoisotopic (exact) mass is 136 g/mol. The van der Waals surface area contributed by atoms with Crippen LogP contribution in [-0.4, -0.2) is 29.0 Å². The Morgan fingerprint density at radius 3 is 2.50 bits per heavy atom. The lowest BCUT2D eigenvalue weighted by molar-refractivity contribution is 0.176. The van der Waals surface area contributed by atoms with Gasteiger partial charge in [-0.3, -0.25) is 4.67 Å². The van der Waals surface area contributed by atoms with E-state index in [1.165, 1.54) is 0 Å². The molecule has 0 aliphatic carbocycles. The van der Waals surface area contributed by atoms with E-state index in [0.29, 0.717) is 13.1 Å². The first-order valence-corrected chi connectivity index (χ1v) is 2.65. The van der Waals surface area contributed by atoms with Crippen molar-refractivity contribution in [2.75, 3.05) is 13.1 Å². The largest absolute Gasteiger partial charge is 0.465 e. The predicted octanol–water partition coefficient (Wildman–Crippen LogP) is -0.285. The average molecular weight is 136 g/mol. The summed E-state index contributed by atoms with van der Waals surface area (Å²) in [6.07, 6.45) is -0.972. The third kappa shape index (κ3) is 2.77. The van der Waals surface area contributed by atoms with E-state index in [-0.39, 0.29) is 0 Å². The number of nitrogens with two attached hydrogens (primary N) is 1. The number of rotatable bonds is 2. The minimum absolute atomic E-state index is 0.357. The van der Waals surface area contributed by atoms with Gasteiger partial charge in [0.1, 0.15) is 0 Å². The van der Waals surface area contributed by atoms with Crippen molar-refractivity contribution in [3.63, 3.8) is 0 Å². The van der Waals surface area contributed by atoms with Crippen LogP contribution in [0.1, 0.15) is 0 Å². The van der Waals surface area contributed by atoms with E-state index in [9.17, 15) is 4.79 Å². The van der Waals surface area contributed by atoms with E-state index in [1.807, 2.05) is 9.39 Å². The highest BCUT2D eigenvalue weighted by Gasteiger charge is 2.00. The number of hydrogen-bond acceptors (Lipinski definition) is 2. The van der Waals surface area contributed by atoms with Gasteiger partial charge in [-0.2, -0.15) is 0 Å². The number of nitrogens with zero attached hydrogens (tertiary/aromatic N) is 1. The van der Waals surface area contributed by atoms with Crippen molar-refractivity contribution in [2.45, 2.75) is 0 Å². The van der Waals surface area contributed by atoms with Crippen molar-refractivity contribution in [3.8, 4) is 0 Å². The van der Waals surface area contributed by atoms with E-state index < -0.39 is 6.09 Å². The summed E-state index contributed by atoms with van der Waals surface area (Å²) in [6.45, 7) is 0.718.